The summed E-state index contributed by atoms with van der Waals surface area (Å²) in [5.41, 5.74) is 3.66. The molecule has 0 unspecified atom stereocenters. The van der Waals surface area contributed by atoms with E-state index in [2.05, 4.69) is 27.2 Å². The molecule has 1 N–H and O–H groups in total. The number of nitrogens with one attached hydrogen (secondary N) is 1. The summed E-state index contributed by atoms with van der Waals surface area (Å²) in [7, 11) is 1.28. The van der Waals surface area contributed by atoms with Gasteiger partial charge in [0.2, 0.25) is 0 Å². The second kappa shape index (κ2) is 6.02. The van der Waals surface area contributed by atoms with E-state index in [-0.39, 0.29) is 17.3 Å². The molecule has 4 rings (SSSR count). The summed E-state index contributed by atoms with van der Waals surface area (Å²) in [6, 6.07) is 14.8. The van der Waals surface area contributed by atoms with E-state index in [4.69, 9.17) is 0 Å². The van der Waals surface area contributed by atoms with E-state index >= 15 is 0 Å². The lowest BCUT2D eigenvalue weighted by molar-refractivity contribution is 0.0594. The van der Waals surface area contributed by atoms with Crippen LogP contribution in [0.4, 0.5) is 5.69 Å². The molecule has 1 amide bonds. The van der Waals surface area contributed by atoms with Crippen molar-refractivity contribution < 1.29 is 14.3 Å². The first kappa shape index (κ1) is 15.3. The van der Waals surface area contributed by atoms with E-state index in [0.717, 1.165) is 23.9 Å². The number of pyridine rings is 1. The van der Waals surface area contributed by atoms with Crippen molar-refractivity contribution in [2.75, 3.05) is 12.4 Å². The molecule has 5 nitrogen and oxygen atoms in total. The van der Waals surface area contributed by atoms with Gasteiger partial charge in [0.05, 0.1) is 7.11 Å². The maximum Gasteiger partial charge on any atom is 0.356 e. The molecule has 3 aromatic rings. The molecule has 2 aromatic carbocycles. The summed E-state index contributed by atoms with van der Waals surface area (Å²) in [5, 5.41) is 5.18. The van der Waals surface area contributed by atoms with Crippen LogP contribution in [0.1, 0.15) is 32.1 Å². The predicted molar refractivity (Wildman–Crippen MR) is 94.9 cm³/mol. The number of anilines is 1. The van der Waals surface area contributed by atoms with Gasteiger partial charge >= 0.3 is 5.97 Å². The predicted octanol–water partition coefficient (Wildman–Crippen LogP) is 3.37. The van der Waals surface area contributed by atoms with Gasteiger partial charge in [0.25, 0.3) is 5.91 Å². The number of amides is 1. The number of hydrogen-bond donors (Lipinski definition) is 1. The average Bonchev–Trinajstić information content (AvgIpc) is 3.08. The molecule has 1 aromatic heterocycles. The number of methoxy groups -OCH3 is 1. The minimum atomic E-state index is -0.569. The van der Waals surface area contributed by atoms with E-state index in [1.165, 1.54) is 29.7 Å². The van der Waals surface area contributed by atoms with Crippen molar-refractivity contribution in [3.05, 3.63) is 71.0 Å². The second-order valence-electron chi connectivity index (χ2n) is 5.97. The average molecular weight is 332 g/mol. The topological polar surface area (TPSA) is 68.3 Å². The zero-order valence-electron chi connectivity index (χ0n) is 13.7. The molecule has 0 fully saturated rings. The number of carbonyl (C=O) groups is 2. The highest BCUT2D eigenvalue weighted by atomic mass is 16.5. The number of carbonyl (C=O) groups excluding carboxylic acids is 2. The number of aromatic nitrogens is 1. The zero-order valence-corrected chi connectivity index (χ0v) is 13.7. The Morgan fingerprint density at radius 3 is 2.48 bits per heavy atom. The van der Waals surface area contributed by atoms with E-state index in [1.54, 1.807) is 12.1 Å². The molecule has 124 valence electrons. The molecule has 0 spiro atoms. The Kier molecular flexibility index (Phi) is 3.69. The molecule has 0 bridgehead atoms. The third-order valence-electron chi connectivity index (χ3n) is 4.50. The van der Waals surface area contributed by atoms with Gasteiger partial charge in [-0.3, -0.25) is 4.79 Å². The molecule has 0 radical (unpaired) electrons. The van der Waals surface area contributed by atoms with Crippen molar-refractivity contribution in [2.45, 2.75) is 12.8 Å². The van der Waals surface area contributed by atoms with E-state index in [9.17, 15) is 9.59 Å². The Bertz CT molecular complexity index is 1000. The summed E-state index contributed by atoms with van der Waals surface area (Å²) in [5.74, 6) is -0.926. The van der Waals surface area contributed by atoms with Crippen LogP contribution in [-0.4, -0.2) is 24.0 Å². The number of nitrogens with zero attached hydrogens (tertiary/aromatic N) is 1. The van der Waals surface area contributed by atoms with Crippen LogP contribution in [0.5, 0.6) is 0 Å². The molecule has 1 heterocycles. The monoisotopic (exact) mass is 332 g/mol. The highest BCUT2D eigenvalue weighted by molar-refractivity contribution is 6.10. The quantitative estimate of drug-likeness (QED) is 0.747. The fourth-order valence-corrected chi connectivity index (χ4v) is 3.32. The Morgan fingerprint density at radius 1 is 0.960 bits per heavy atom. The van der Waals surface area contributed by atoms with Crippen LogP contribution in [0, 0.1) is 0 Å². The molecular formula is C20H16N2O3. The van der Waals surface area contributed by atoms with Crippen molar-refractivity contribution in [1.82, 2.24) is 4.98 Å². The van der Waals surface area contributed by atoms with Crippen LogP contribution in [0.25, 0.3) is 10.8 Å². The summed E-state index contributed by atoms with van der Waals surface area (Å²) in [4.78, 5) is 28.2. The maximum atomic E-state index is 12.6. The van der Waals surface area contributed by atoms with E-state index in [1.807, 2.05) is 18.2 Å². The van der Waals surface area contributed by atoms with E-state index < -0.39 is 5.97 Å². The fraction of sp³-hybridized carbons (Fsp3) is 0.150. The molecule has 5 heteroatoms. The van der Waals surface area contributed by atoms with Gasteiger partial charge in [-0.1, -0.05) is 30.3 Å². The number of hydrogen-bond acceptors (Lipinski definition) is 4. The van der Waals surface area contributed by atoms with E-state index in [0.29, 0.717) is 0 Å². The van der Waals surface area contributed by atoms with Crippen LogP contribution in [0.2, 0.25) is 0 Å². The highest BCUT2D eigenvalue weighted by Crippen LogP contribution is 2.35. The maximum absolute atomic E-state index is 12.6. The van der Waals surface area contributed by atoms with Gasteiger partial charge in [0.1, 0.15) is 11.4 Å². The van der Waals surface area contributed by atoms with Crippen molar-refractivity contribution in [1.29, 1.82) is 0 Å². The van der Waals surface area contributed by atoms with Crippen LogP contribution >= 0.6 is 0 Å². The minimum Gasteiger partial charge on any atom is -0.464 e. The van der Waals surface area contributed by atoms with Crippen molar-refractivity contribution >= 4 is 28.3 Å². The van der Waals surface area contributed by atoms with Gasteiger partial charge in [0.15, 0.2) is 0 Å². The summed E-state index contributed by atoms with van der Waals surface area (Å²) in [6.45, 7) is 0. The molecule has 0 aliphatic heterocycles. The van der Waals surface area contributed by atoms with Crippen LogP contribution in [0.3, 0.4) is 0 Å². The summed E-state index contributed by atoms with van der Waals surface area (Å²) < 4.78 is 4.65. The molecular weight excluding hydrogens is 316 g/mol. The van der Waals surface area contributed by atoms with Crippen molar-refractivity contribution in [3.8, 4) is 0 Å². The first-order valence-electron chi connectivity index (χ1n) is 8.07. The lowest BCUT2D eigenvalue weighted by atomic mass is 10.0. The largest absolute Gasteiger partial charge is 0.464 e. The number of rotatable bonds is 3. The fourth-order valence-electron chi connectivity index (χ4n) is 3.32. The Morgan fingerprint density at radius 2 is 1.68 bits per heavy atom. The number of benzene rings is 2. The summed E-state index contributed by atoms with van der Waals surface area (Å²) >= 11 is 0. The van der Waals surface area contributed by atoms with Crippen LogP contribution < -0.4 is 5.32 Å². The molecule has 0 saturated carbocycles. The first-order chi connectivity index (χ1) is 12.2. The Labute approximate surface area is 144 Å². The number of aryl methyl sites for hydroxylation is 2. The first-order valence-corrected chi connectivity index (χ1v) is 8.07. The van der Waals surface area contributed by atoms with Crippen molar-refractivity contribution in [2.24, 2.45) is 0 Å². The number of ether oxygens (including phenoxy) is 1. The Balaban J connectivity index is 1.69. The standard InChI is InChI=1S/C20H16N2O3/c1-25-20(24)17-7-3-6-16(21-17)19(23)22-15-11-10-13-9-8-12-4-2-5-14(15)18(12)13/h2-7,10-11H,8-9H2,1H3,(H,22,23). The third-order valence-corrected chi connectivity index (χ3v) is 4.50. The van der Waals surface area contributed by atoms with Gasteiger partial charge in [-0.05, 0) is 47.6 Å². The molecule has 0 atom stereocenters. The second-order valence-corrected chi connectivity index (χ2v) is 5.97. The van der Waals surface area contributed by atoms with Crippen molar-refractivity contribution in [3.63, 3.8) is 0 Å². The third kappa shape index (κ3) is 2.63. The van der Waals surface area contributed by atoms with Gasteiger partial charge in [0, 0.05) is 11.1 Å². The smallest absolute Gasteiger partial charge is 0.356 e. The molecule has 1 aliphatic carbocycles. The summed E-state index contributed by atoms with van der Waals surface area (Å²) in [6.07, 6.45) is 2.07. The van der Waals surface area contributed by atoms with Crippen LogP contribution in [-0.2, 0) is 17.6 Å². The molecule has 1 aliphatic rings. The SMILES string of the molecule is COC(=O)c1cccc(C(=O)Nc2ccc3c4c(cccc24)CC3)n1. The molecule has 25 heavy (non-hydrogen) atoms. The molecule has 0 saturated heterocycles. The highest BCUT2D eigenvalue weighted by Gasteiger charge is 2.18. The lowest BCUT2D eigenvalue weighted by Crippen LogP contribution is -2.16. The number of esters is 1. The normalized spacial score (nSPS) is 12.2. The van der Waals surface area contributed by atoms with Gasteiger partial charge < -0.3 is 10.1 Å². The zero-order chi connectivity index (χ0) is 17.4. The van der Waals surface area contributed by atoms with Gasteiger partial charge in [-0.25, -0.2) is 9.78 Å². The van der Waals surface area contributed by atoms with Crippen LogP contribution in [0.15, 0.2) is 48.5 Å². The van der Waals surface area contributed by atoms with Gasteiger partial charge in [-0.2, -0.15) is 0 Å². The minimum absolute atomic E-state index is 0.107. The lowest BCUT2D eigenvalue weighted by Gasteiger charge is -2.10. The van der Waals surface area contributed by atoms with Gasteiger partial charge in [-0.15, -0.1) is 0 Å². The Hall–Kier alpha value is -3.21.